The molecule has 0 saturated carbocycles. The lowest BCUT2D eigenvalue weighted by molar-refractivity contribution is -0.136. The Balaban J connectivity index is 1.66. The molecule has 27 heavy (non-hydrogen) atoms. The van der Waals surface area contributed by atoms with E-state index in [1.54, 1.807) is 0 Å². The van der Waals surface area contributed by atoms with Crippen molar-refractivity contribution in [3.63, 3.8) is 0 Å². The van der Waals surface area contributed by atoms with Crippen molar-refractivity contribution in [3.05, 3.63) is 89.5 Å². The summed E-state index contributed by atoms with van der Waals surface area (Å²) < 4.78 is 5.85. The summed E-state index contributed by atoms with van der Waals surface area (Å²) in [7, 11) is 0. The van der Waals surface area contributed by atoms with Crippen molar-refractivity contribution in [1.82, 2.24) is 0 Å². The van der Waals surface area contributed by atoms with Gasteiger partial charge >= 0.3 is 5.97 Å². The van der Waals surface area contributed by atoms with E-state index in [1.165, 1.54) is 0 Å². The molecule has 0 atom stereocenters. The van der Waals surface area contributed by atoms with Crippen LogP contribution in [0, 0.1) is 0 Å². The van der Waals surface area contributed by atoms with Crippen molar-refractivity contribution in [3.8, 4) is 16.9 Å². The summed E-state index contributed by atoms with van der Waals surface area (Å²) in [5, 5.41) is 18.3. The molecular weight excluding hydrogens is 340 g/mol. The number of carboxylic acids is 1. The van der Waals surface area contributed by atoms with Crippen LogP contribution in [0.5, 0.6) is 5.75 Å². The van der Waals surface area contributed by atoms with Gasteiger partial charge in [-0.15, -0.1) is 0 Å². The number of aliphatic hydroxyl groups is 1. The van der Waals surface area contributed by atoms with E-state index in [1.807, 2.05) is 66.7 Å². The molecule has 4 heteroatoms. The average Bonchev–Trinajstić information content (AvgIpc) is 2.71. The lowest BCUT2D eigenvalue weighted by Crippen LogP contribution is -1.98. The third-order valence-electron chi connectivity index (χ3n) is 4.38. The number of ether oxygens (including phenoxy) is 1. The van der Waals surface area contributed by atoms with Gasteiger partial charge in [-0.25, -0.2) is 0 Å². The second-order valence-electron chi connectivity index (χ2n) is 6.34. The van der Waals surface area contributed by atoms with Crippen LogP contribution < -0.4 is 4.74 Å². The van der Waals surface area contributed by atoms with E-state index in [2.05, 4.69) is 6.07 Å². The topological polar surface area (TPSA) is 66.8 Å². The van der Waals surface area contributed by atoms with Gasteiger partial charge in [-0.3, -0.25) is 4.79 Å². The third-order valence-corrected chi connectivity index (χ3v) is 4.38. The van der Waals surface area contributed by atoms with Crippen LogP contribution in [0.25, 0.3) is 11.1 Å². The summed E-state index contributed by atoms with van der Waals surface area (Å²) in [5.74, 6) is -0.0479. The lowest BCUT2D eigenvalue weighted by Gasteiger charge is -2.11. The molecule has 0 fully saturated rings. The summed E-state index contributed by atoms with van der Waals surface area (Å²) in [6.45, 7) is 0.439. The van der Waals surface area contributed by atoms with E-state index in [4.69, 9.17) is 9.84 Å². The Hall–Kier alpha value is -3.11. The van der Waals surface area contributed by atoms with Crippen molar-refractivity contribution in [2.75, 3.05) is 0 Å². The van der Waals surface area contributed by atoms with Gasteiger partial charge in [0.15, 0.2) is 0 Å². The van der Waals surface area contributed by atoms with Crippen LogP contribution in [0.3, 0.4) is 0 Å². The minimum absolute atomic E-state index is 0.00509. The van der Waals surface area contributed by atoms with Crippen LogP contribution in [-0.2, 0) is 24.4 Å². The minimum atomic E-state index is -0.794. The number of carbonyl (C=O) groups is 1. The first-order chi connectivity index (χ1) is 13.2. The highest BCUT2D eigenvalue weighted by molar-refractivity contribution is 5.68. The molecule has 3 aromatic carbocycles. The highest BCUT2D eigenvalue weighted by atomic mass is 16.5. The Labute approximate surface area is 158 Å². The van der Waals surface area contributed by atoms with Crippen LogP contribution in [0.4, 0.5) is 0 Å². The van der Waals surface area contributed by atoms with Crippen LogP contribution in [-0.4, -0.2) is 16.2 Å². The van der Waals surface area contributed by atoms with Crippen LogP contribution >= 0.6 is 0 Å². The van der Waals surface area contributed by atoms with Gasteiger partial charge in [0.1, 0.15) is 12.4 Å². The molecule has 3 rings (SSSR count). The Morgan fingerprint density at radius 2 is 1.67 bits per heavy atom. The molecule has 0 radical (unpaired) electrons. The van der Waals surface area contributed by atoms with Crippen molar-refractivity contribution >= 4 is 5.97 Å². The van der Waals surface area contributed by atoms with Gasteiger partial charge in [-0.1, -0.05) is 54.6 Å². The Bertz CT molecular complexity index is 900. The largest absolute Gasteiger partial charge is 0.489 e. The van der Waals surface area contributed by atoms with Gasteiger partial charge in [-0.05, 0) is 52.4 Å². The predicted octanol–water partition coefficient (Wildman–Crippen LogP) is 4.44. The maximum absolute atomic E-state index is 10.6. The molecular formula is C23H22O4. The highest BCUT2D eigenvalue weighted by Gasteiger charge is 2.05. The number of carboxylic acid groups (broad SMARTS) is 1. The first-order valence-electron chi connectivity index (χ1n) is 8.87. The fourth-order valence-corrected chi connectivity index (χ4v) is 2.94. The highest BCUT2D eigenvalue weighted by Crippen LogP contribution is 2.25. The van der Waals surface area contributed by atoms with E-state index in [0.717, 1.165) is 33.6 Å². The molecule has 0 aliphatic rings. The average molecular weight is 362 g/mol. The number of rotatable bonds is 8. The maximum atomic E-state index is 10.6. The molecule has 0 unspecified atom stereocenters. The molecule has 0 aliphatic carbocycles. The molecule has 138 valence electrons. The summed E-state index contributed by atoms with van der Waals surface area (Å²) >= 11 is 0. The molecule has 0 bridgehead atoms. The number of aliphatic hydroxyl groups excluding tert-OH is 1. The number of hydrogen-bond donors (Lipinski definition) is 2. The van der Waals surface area contributed by atoms with Gasteiger partial charge in [-0.2, -0.15) is 0 Å². The van der Waals surface area contributed by atoms with Crippen molar-refractivity contribution in [2.45, 2.75) is 26.1 Å². The standard InChI is InChI=1S/C23H22O4/c24-15-20-5-1-2-7-22(20)19-6-3-4-18(14-19)16-27-21-11-8-17(9-12-21)10-13-23(25)26/h1-9,11-12,14,24H,10,13,15-16H2,(H,25,26). The zero-order chi connectivity index (χ0) is 19.1. The summed E-state index contributed by atoms with van der Waals surface area (Å²) in [5.41, 5.74) is 4.98. The van der Waals surface area contributed by atoms with Gasteiger partial charge < -0.3 is 14.9 Å². The van der Waals surface area contributed by atoms with Gasteiger partial charge in [0, 0.05) is 6.42 Å². The van der Waals surface area contributed by atoms with Crippen LogP contribution in [0.1, 0.15) is 23.1 Å². The zero-order valence-electron chi connectivity index (χ0n) is 15.0. The number of benzene rings is 3. The molecule has 2 N–H and O–H groups in total. The number of hydrogen-bond acceptors (Lipinski definition) is 3. The maximum Gasteiger partial charge on any atom is 0.303 e. The quantitative estimate of drug-likeness (QED) is 0.622. The minimum Gasteiger partial charge on any atom is -0.489 e. The zero-order valence-corrected chi connectivity index (χ0v) is 15.0. The second-order valence-corrected chi connectivity index (χ2v) is 6.34. The predicted molar refractivity (Wildman–Crippen MR) is 105 cm³/mol. The van der Waals surface area contributed by atoms with Gasteiger partial charge in [0.05, 0.1) is 6.61 Å². The Morgan fingerprint density at radius 3 is 2.41 bits per heavy atom. The van der Waals surface area contributed by atoms with E-state index >= 15 is 0 Å². The second kappa shape index (κ2) is 9.01. The smallest absolute Gasteiger partial charge is 0.303 e. The Morgan fingerprint density at radius 1 is 0.889 bits per heavy atom. The van der Waals surface area contributed by atoms with Crippen molar-refractivity contribution in [2.24, 2.45) is 0 Å². The summed E-state index contributed by atoms with van der Waals surface area (Å²) in [6.07, 6.45) is 0.643. The monoisotopic (exact) mass is 362 g/mol. The molecule has 0 saturated heterocycles. The van der Waals surface area contributed by atoms with E-state index in [-0.39, 0.29) is 13.0 Å². The van der Waals surface area contributed by atoms with Gasteiger partial charge in [0.25, 0.3) is 0 Å². The fourth-order valence-electron chi connectivity index (χ4n) is 2.94. The number of aliphatic carboxylic acids is 1. The van der Waals surface area contributed by atoms with E-state index < -0.39 is 5.97 Å². The first-order valence-corrected chi connectivity index (χ1v) is 8.87. The first kappa shape index (κ1) is 18.7. The van der Waals surface area contributed by atoms with Crippen LogP contribution in [0.15, 0.2) is 72.8 Å². The third kappa shape index (κ3) is 5.19. The van der Waals surface area contributed by atoms with E-state index in [9.17, 15) is 9.90 Å². The molecule has 0 heterocycles. The SMILES string of the molecule is O=C(O)CCc1ccc(OCc2cccc(-c3ccccc3CO)c2)cc1. The van der Waals surface area contributed by atoms with Crippen LogP contribution in [0.2, 0.25) is 0 Å². The van der Waals surface area contributed by atoms with Crippen molar-refractivity contribution in [1.29, 1.82) is 0 Å². The summed E-state index contributed by atoms with van der Waals surface area (Å²) in [6, 6.07) is 23.4. The number of aryl methyl sites for hydroxylation is 1. The molecule has 0 aromatic heterocycles. The normalized spacial score (nSPS) is 10.6. The van der Waals surface area contributed by atoms with Crippen molar-refractivity contribution < 1.29 is 19.7 Å². The molecule has 0 spiro atoms. The molecule has 4 nitrogen and oxygen atoms in total. The molecule has 3 aromatic rings. The fraction of sp³-hybridized carbons (Fsp3) is 0.174. The lowest BCUT2D eigenvalue weighted by atomic mass is 9.98. The summed E-state index contributed by atoms with van der Waals surface area (Å²) in [4.78, 5) is 10.6. The Kier molecular flexibility index (Phi) is 6.23. The van der Waals surface area contributed by atoms with E-state index in [0.29, 0.717) is 13.0 Å². The molecule has 0 aliphatic heterocycles. The van der Waals surface area contributed by atoms with Gasteiger partial charge in [0.2, 0.25) is 0 Å². The molecule has 0 amide bonds.